The molecule has 0 saturated heterocycles. The summed E-state index contributed by atoms with van der Waals surface area (Å²) < 4.78 is 0. The summed E-state index contributed by atoms with van der Waals surface area (Å²) in [5.74, 6) is 0. The smallest absolute Gasteiger partial charge is 0.0119 e. The van der Waals surface area contributed by atoms with Crippen LogP contribution in [0.5, 0.6) is 0 Å². The number of fused-ring (bicyclic) bond motifs is 2. The molecule has 3 rings (SSSR count). The summed E-state index contributed by atoms with van der Waals surface area (Å²) in [7, 11) is 0. The summed E-state index contributed by atoms with van der Waals surface area (Å²) in [6.45, 7) is 11.0. The van der Waals surface area contributed by atoms with Crippen LogP contribution in [-0.2, 0) is 0 Å². The largest absolute Gasteiger partial charge is 0.0557 e. The van der Waals surface area contributed by atoms with E-state index in [-0.39, 0.29) is 0 Å². The first-order chi connectivity index (χ1) is 8.97. The minimum Gasteiger partial charge on any atom is -0.0557 e. The summed E-state index contributed by atoms with van der Waals surface area (Å²) in [5.41, 5.74) is 6.87. The van der Waals surface area contributed by atoms with Crippen LogP contribution in [0.15, 0.2) is 30.3 Å². The molecule has 0 radical (unpaired) electrons. The highest BCUT2D eigenvalue weighted by molar-refractivity contribution is 6.05. The van der Waals surface area contributed by atoms with Crippen molar-refractivity contribution >= 4 is 21.5 Å². The van der Waals surface area contributed by atoms with E-state index in [2.05, 4.69) is 65.0 Å². The van der Waals surface area contributed by atoms with E-state index < -0.39 is 0 Å². The van der Waals surface area contributed by atoms with E-state index in [0.717, 1.165) is 0 Å². The average Bonchev–Trinajstić information content (AvgIpc) is 2.25. The molecule has 0 aliphatic carbocycles. The van der Waals surface area contributed by atoms with Gasteiger partial charge < -0.3 is 0 Å². The van der Waals surface area contributed by atoms with Gasteiger partial charge in [0.1, 0.15) is 0 Å². The fourth-order valence-electron chi connectivity index (χ4n) is 3.55. The van der Waals surface area contributed by atoms with Gasteiger partial charge in [0, 0.05) is 0 Å². The number of hydrogen-bond donors (Lipinski definition) is 0. The topological polar surface area (TPSA) is 0 Å². The van der Waals surface area contributed by atoms with Crippen molar-refractivity contribution in [2.24, 2.45) is 0 Å². The Morgan fingerprint density at radius 2 is 0.947 bits per heavy atom. The highest BCUT2D eigenvalue weighted by Crippen LogP contribution is 2.33. The Labute approximate surface area is 115 Å². The molecule has 3 aromatic rings. The van der Waals surface area contributed by atoms with Gasteiger partial charge in [-0.1, -0.05) is 35.4 Å². The van der Waals surface area contributed by atoms with Gasteiger partial charge in [0.2, 0.25) is 0 Å². The van der Waals surface area contributed by atoms with Crippen LogP contribution in [0.3, 0.4) is 0 Å². The Bertz CT molecular complexity index is 741. The molecule has 0 unspecified atom stereocenters. The second-order valence-electron chi connectivity index (χ2n) is 5.86. The molecule has 0 atom stereocenters. The highest BCUT2D eigenvalue weighted by Gasteiger charge is 2.09. The Morgan fingerprint density at radius 1 is 0.526 bits per heavy atom. The molecule has 19 heavy (non-hydrogen) atoms. The Kier molecular flexibility index (Phi) is 2.63. The molecule has 0 amide bonds. The van der Waals surface area contributed by atoms with E-state index in [9.17, 15) is 0 Å². The van der Waals surface area contributed by atoms with E-state index in [1.54, 1.807) is 0 Å². The molecular weight excluding hydrogens is 228 g/mol. The van der Waals surface area contributed by atoms with E-state index in [1.807, 2.05) is 0 Å². The highest BCUT2D eigenvalue weighted by atomic mass is 14.1. The van der Waals surface area contributed by atoms with Crippen molar-refractivity contribution in [2.45, 2.75) is 34.6 Å². The maximum Gasteiger partial charge on any atom is -0.0119 e. The third kappa shape index (κ3) is 1.83. The van der Waals surface area contributed by atoms with E-state index in [1.165, 1.54) is 49.4 Å². The first kappa shape index (κ1) is 12.2. The SMILES string of the molecule is Cc1cc(C)c2c(C)c3c(C)cc(C)cc3cc2c1. The molecule has 0 aliphatic heterocycles. The van der Waals surface area contributed by atoms with Crippen molar-refractivity contribution in [1.29, 1.82) is 0 Å². The van der Waals surface area contributed by atoms with Gasteiger partial charge in [0.15, 0.2) is 0 Å². The fraction of sp³-hybridized carbons (Fsp3) is 0.263. The number of aryl methyl sites for hydroxylation is 5. The lowest BCUT2D eigenvalue weighted by atomic mass is 9.91. The Hall–Kier alpha value is -1.82. The van der Waals surface area contributed by atoms with Gasteiger partial charge in [-0.25, -0.2) is 0 Å². The van der Waals surface area contributed by atoms with Gasteiger partial charge in [0.05, 0.1) is 0 Å². The zero-order valence-electron chi connectivity index (χ0n) is 12.4. The quantitative estimate of drug-likeness (QED) is 0.458. The third-order valence-corrected chi connectivity index (χ3v) is 4.08. The molecule has 0 aromatic heterocycles. The van der Waals surface area contributed by atoms with Crippen molar-refractivity contribution in [2.75, 3.05) is 0 Å². The first-order valence-corrected chi connectivity index (χ1v) is 6.89. The van der Waals surface area contributed by atoms with Crippen molar-refractivity contribution in [3.63, 3.8) is 0 Å². The zero-order chi connectivity index (χ0) is 13.7. The second kappa shape index (κ2) is 4.09. The lowest BCUT2D eigenvalue weighted by Crippen LogP contribution is -1.91. The van der Waals surface area contributed by atoms with Gasteiger partial charge in [-0.05, 0) is 78.9 Å². The van der Waals surface area contributed by atoms with Crippen LogP contribution in [0.25, 0.3) is 21.5 Å². The van der Waals surface area contributed by atoms with E-state index in [0.29, 0.717) is 0 Å². The Morgan fingerprint density at radius 3 is 1.37 bits per heavy atom. The second-order valence-corrected chi connectivity index (χ2v) is 5.86. The van der Waals surface area contributed by atoms with Crippen LogP contribution < -0.4 is 0 Å². The van der Waals surface area contributed by atoms with Crippen LogP contribution in [0.4, 0.5) is 0 Å². The lowest BCUT2D eigenvalue weighted by Gasteiger charge is -2.14. The maximum absolute atomic E-state index is 2.34. The normalized spacial score (nSPS) is 11.4. The maximum atomic E-state index is 2.34. The van der Waals surface area contributed by atoms with Gasteiger partial charge >= 0.3 is 0 Å². The molecule has 0 N–H and O–H groups in total. The summed E-state index contributed by atoms with van der Waals surface area (Å²) in [6.07, 6.45) is 0. The molecule has 0 heterocycles. The number of rotatable bonds is 0. The molecule has 3 aromatic carbocycles. The summed E-state index contributed by atoms with van der Waals surface area (Å²) >= 11 is 0. The monoisotopic (exact) mass is 248 g/mol. The van der Waals surface area contributed by atoms with Gasteiger partial charge in [0.25, 0.3) is 0 Å². The van der Waals surface area contributed by atoms with Crippen LogP contribution in [0.1, 0.15) is 27.8 Å². The van der Waals surface area contributed by atoms with Crippen molar-refractivity contribution in [1.82, 2.24) is 0 Å². The molecule has 0 heteroatoms. The van der Waals surface area contributed by atoms with Crippen molar-refractivity contribution in [3.8, 4) is 0 Å². The molecule has 0 fully saturated rings. The molecule has 0 spiro atoms. The minimum atomic E-state index is 1.34. The zero-order valence-corrected chi connectivity index (χ0v) is 12.4. The van der Waals surface area contributed by atoms with Crippen LogP contribution in [0, 0.1) is 34.6 Å². The average molecular weight is 248 g/mol. The molecule has 0 aliphatic rings. The van der Waals surface area contributed by atoms with Crippen LogP contribution in [-0.4, -0.2) is 0 Å². The molecule has 0 bridgehead atoms. The van der Waals surface area contributed by atoms with Crippen molar-refractivity contribution in [3.05, 3.63) is 58.1 Å². The van der Waals surface area contributed by atoms with Crippen molar-refractivity contribution < 1.29 is 0 Å². The summed E-state index contributed by atoms with van der Waals surface area (Å²) in [4.78, 5) is 0. The first-order valence-electron chi connectivity index (χ1n) is 6.89. The molecular formula is C19H20. The summed E-state index contributed by atoms with van der Waals surface area (Å²) in [5, 5.41) is 5.58. The predicted molar refractivity (Wildman–Crippen MR) is 85.1 cm³/mol. The molecule has 96 valence electrons. The third-order valence-electron chi connectivity index (χ3n) is 4.08. The standard InChI is InChI=1S/C19H20/c1-11-6-13(3)18-15(5)19-14(4)7-12(2)9-17(19)10-16(18)8-11/h6-10H,1-5H3. The van der Waals surface area contributed by atoms with Gasteiger partial charge in [-0.2, -0.15) is 0 Å². The van der Waals surface area contributed by atoms with E-state index >= 15 is 0 Å². The number of benzene rings is 3. The van der Waals surface area contributed by atoms with E-state index in [4.69, 9.17) is 0 Å². The lowest BCUT2D eigenvalue weighted by molar-refractivity contribution is 1.39. The van der Waals surface area contributed by atoms with Gasteiger partial charge in [-0.3, -0.25) is 0 Å². The summed E-state index contributed by atoms with van der Waals surface area (Å²) in [6, 6.07) is 11.5. The van der Waals surface area contributed by atoms with Crippen LogP contribution in [0.2, 0.25) is 0 Å². The molecule has 0 nitrogen and oxygen atoms in total. The molecule has 0 saturated carbocycles. The van der Waals surface area contributed by atoms with Crippen LogP contribution >= 0.6 is 0 Å². The number of hydrogen-bond acceptors (Lipinski definition) is 0. The Balaban J connectivity index is 2.60. The fourth-order valence-corrected chi connectivity index (χ4v) is 3.55. The minimum absolute atomic E-state index is 1.34. The van der Waals surface area contributed by atoms with Gasteiger partial charge in [-0.15, -0.1) is 0 Å². The predicted octanol–water partition coefficient (Wildman–Crippen LogP) is 5.54.